The minimum atomic E-state index is 0.216. The van der Waals surface area contributed by atoms with E-state index < -0.39 is 0 Å². The predicted octanol–water partition coefficient (Wildman–Crippen LogP) is 5.46. The third-order valence-electron chi connectivity index (χ3n) is 3.99. The lowest BCUT2D eigenvalue weighted by molar-refractivity contribution is 0.761. The molecule has 0 aliphatic carbocycles. The summed E-state index contributed by atoms with van der Waals surface area (Å²) in [5.41, 5.74) is 3.31. The van der Waals surface area contributed by atoms with Gasteiger partial charge in [-0.15, -0.1) is 0 Å². The van der Waals surface area contributed by atoms with Crippen molar-refractivity contribution in [3.05, 3.63) is 101 Å². The van der Waals surface area contributed by atoms with Crippen LogP contribution in [0.4, 0.5) is 5.69 Å². The standard InChI is InChI=1S/C21H19ClN2S/c22-19-13-7-8-14-20(19)24-21(25)23-15-18(16-9-3-1-4-10-16)17-11-5-2-6-12-17/h1-14,18H,15H2,(H2,23,24,25). The molecule has 0 fully saturated rings. The molecule has 2 N–H and O–H groups in total. The average molecular weight is 367 g/mol. The molecule has 0 radical (unpaired) electrons. The highest BCUT2D eigenvalue weighted by Gasteiger charge is 2.14. The van der Waals surface area contributed by atoms with Gasteiger partial charge >= 0.3 is 0 Å². The van der Waals surface area contributed by atoms with E-state index in [-0.39, 0.29) is 5.92 Å². The molecule has 0 spiro atoms. The molecular formula is C21H19ClN2S. The molecule has 3 rings (SSSR count). The molecule has 126 valence electrons. The number of hydrogen-bond acceptors (Lipinski definition) is 1. The fourth-order valence-corrected chi connectivity index (χ4v) is 3.10. The van der Waals surface area contributed by atoms with Gasteiger partial charge < -0.3 is 10.6 Å². The summed E-state index contributed by atoms with van der Waals surface area (Å²) >= 11 is 11.6. The third-order valence-corrected chi connectivity index (χ3v) is 4.57. The van der Waals surface area contributed by atoms with E-state index >= 15 is 0 Å². The van der Waals surface area contributed by atoms with Crippen LogP contribution in [-0.2, 0) is 0 Å². The lowest BCUT2D eigenvalue weighted by Gasteiger charge is -2.20. The zero-order valence-electron chi connectivity index (χ0n) is 13.7. The Balaban J connectivity index is 1.71. The Bertz CT molecular complexity index is 782. The van der Waals surface area contributed by atoms with Crippen LogP contribution in [0.2, 0.25) is 5.02 Å². The second-order valence-electron chi connectivity index (χ2n) is 5.69. The van der Waals surface area contributed by atoms with Gasteiger partial charge in [0.2, 0.25) is 0 Å². The molecule has 2 nitrogen and oxygen atoms in total. The summed E-state index contributed by atoms with van der Waals surface area (Å²) in [6, 6.07) is 28.4. The summed E-state index contributed by atoms with van der Waals surface area (Å²) in [4.78, 5) is 0. The van der Waals surface area contributed by atoms with E-state index in [1.165, 1.54) is 11.1 Å². The van der Waals surface area contributed by atoms with Gasteiger partial charge in [-0.2, -0.15) is 0 Å². The zero-order valence-corrected chi connectivity index (χ0v) is 15.2. The fraction of sp³-hybridized carbons (Fsp3) is 0.0952. The Kier molecular flexibility index (Phi) is 6.04. The van der Waals surface area contributed by atoms with Crippen LogP contribution >= 0.6 is 23.8 Å². The molecule has 0 aromatic heterocycles. The van der Waals surface area contributed by atoms with E-state index in [2.05, 4.69) is 59.2 Å². The van der Waals surface area contributed by atoms with E-state index in [0.29, 0.717) is 16.7 Å². The van der Waals surface area contributed by atoms with Crippen molar-refractivity contribution in [1.82, 2.24) is 5.32 Å². The molecular weight excluding hydrogens is 348 g/mol. The van der Waals surface area contributed by atoms with Crippen molar-refractivity contribution >= 4 is 34.6 Å². The van der Waals surface area contributed by atoms with Crippen molar-refractivity contribution in [1.29, 1.82) is 0 Å². The maximum atomic E-state index is 6.17. The van der Waals surface area contributed by atoms with Crippen molar-refractivity contribution in [2.45, 2.75) is 5.92 Å². The van der Waals surface area contributed by atoms with Crippen molar-refractivity contribution in [2.24, 2.45) is 0 Å². The minimum absolute atomic E-state index is 0.216. The highest BCUT2D eigenvalue weighted by atomic mass is 35.5. The van der Waals surface area contributed by atoms with Crippen LogP contribution in [0.25, 0.3) is 0 Å². The smallest absolute Gasteiger partial charge is 0.170 e. The molecule has 0 heterocycles. The van der Waals surface area contributed by atoms with Gasteiger partial charge in [-0.25, -0.2) is 0 Å². The number of para-hydroxylation sites is 1. The van der Waals surface area contributed by atoms with E-state index in [1.54, 1.807) is 0 Å². The normalized spacial score (nSPS) is 10.5. The summed E-state index contributed by atoms with van der Waals surface area (Å²) < 4.78 is 0. The molecule has 0 aliphatic rings. The molecule has 4 heteroatoms. The maximum Gasteiger partial charge on any atom is 0.170 e. The molecule has 0 unspecified atom stereocenters. The highest BCUT2D eigenvalue weighted by Crippen LogP contribution is 2.24. The number of thiocarbonyl (C=S) groups is 1. The monoisotopic (exact) mass is 366 g/mol. The first kappa shape index (κ1) is 17.5. The molecule has 25 heavy (non-hydrogen) atoms. The highest BCUT2D eigenvalue weighted by molar-refractivity contribution is 7.80. The summed E-state index contributed by atoms with van der Waals surface area (Å²) in [6.45, 7) is 0.699. The van der Waals surface area contributed by atoms with Gasteiger partial charge in [-0.05, 0) is 35.5 Å². The molecule has 0 bridgehead atoms. The Morgan fingerprint density at radius 1 is 0.800 bits per heavy atom. The van der Waals surface area contributed by atoms with Crippen LogP contribution in [-0.4, -0.2) is 11.7 Å². The number of anilines is 1. The van der Waals surface area contributed by atoms with E-state index in [1.807, 2.05) is 36.4 Å². The fourth-order valence-electron chi connectivity index (χ4n) is 2.72. The van der Waals surface area contributed by atoms with Crippen molar-refractivity contribution in [3.8, 4) is 0 Å². The average Bonchev–Trinajstić information content (AvgIpc) is 2.66. The van der Waals surface area contributed by atoms with Gasteiger partial charge in [0.15, 0.2) is 5.11 Å². The van der Waals surface area contributed by atoms with E-state index in [9.17, 15) is 0 Å². The van der Waals surface area contributed by atoms with Crippen LogP contribution in [0.5, 0.6) is 0 Å². The minimum Gasteiger partial charge on any atom is -0.361 e. The number of nitrogens with one attached hydrogen (secondary N) is 2. The van der Waals surface area contributed by atoms with Crippen LogP contribution in [0, 0.1) is 0 Å². The van der Waals surface area contributed by atoms with Gasteiger partial charge in [0.25, 0.3) is 0 Å². The molecule has 0 saturated heterocycles. The molecule has 3 aromatic carbocycles. The van der Waals surface area contributed by atoms with E-state index in [0.717, 1.165) is 5.69 Å². The molecule has 0 aliphatic heterocycles. The van der Waals surface area contributed by atoms with Gasteiger partial charge in [-0.1, -0.05) is 84.4 Å². The molecule has 0 atom stereocenters. The first-order chi connectivity index (χ1) is 12.2. The summed E-state index contributed by atoms with van der Waals surface area (Å²) in [5, 5.41) is 7.68. The Morgan fingerprint density at radius 3 is 1.88 bits per heavy atom. The van der Waals surface area contributed by atoms with Crippen molar-refractivity contribution in [2.75, 3.05) is 11.9 Å². The van der Waals surface area contributed by atoms with E-state index in [4.69, 9.17) is 23.8 Å². The maximum absolute atomic E-state index is 6.17. The molecule has 0 saturated carbocycles. The quantitative estimate of drug-likeness (QED) is 0.586. The Labute approximate surface area is 158 Å². The second-order valence-corrected chi connectivity index (χ2v) is 6.50. The second kappa shape index (κ2) is 8.65. The predicted molar refractivity (Wildman–Crippen MR) is 110 cm³/mol. The molecule has 0 amide bonds. The number of hydrogen-bond donors (Lipinski definition) is 2. The summed E-state index contributed by atoms with van der Waals surface area (Å²) in [6.07, 6.45) is 0. The van der Waals surface area contributed by atoms with Crippen LogP contribution < -0.4 is 10.6 Å². The molecule has 3 aromatic rings. The summed E-state index contributed by atoms with van der Waals surface area (Å²) in [5.74, 6) is 0.216. The van der Waals surface area contributed by atoms with Crippen LogP contribution in [0.15, 0.2) is 84.9 Å². The topological polar surface area (TPSA) is 24.1 Å². The number of rotatable bonds is 5. The first-order valence-electron chi connectivity index (χ1n) is 8.13. The van der Waals surface area contributed by atoms with Gasteiger partial charge in [0.05, 0.1) is 10.7 Å². The lowest BCUT2D eigenvalue weighted by Crippen LogP contribution is -2.32. The van der Waals surface area contributed by atoms with Crippen molar-refractivity contribution in [3.63, 3.8) is 0 Å². The third kappa shape index (κ3) is 4.81. The Hall–Kier alpha value is -2.36. The SMILES string of the molecule is S=C(NCC(c1ccccc1)c1ccccc1)Nc1ccccc1Cl. The lowest BCUT2D eigenvalue weighted by atomic mass is 9.91. The number of benzene rings is 3. The largest absolute Gasteiger partial charge is 0.361 e. The van der Waals surface area contributed by atoms with Gasteiger partial charge in [-0.3, -0.25) is 0 Å². The van der Waals surface area contributed by atoms with Gasteiger partial charge in [0, 0.05) is 12.5 Å². The van der Waals surface area contributed by atoms with Crippen LogP contribution in [0.3, 0.4) is 0 Å². The van der Waals surface area contributed by atoms with Crippen LogP contribution in [0.1, 0.15) is 17.0 Å². The zero-order chi connectivity index (χ0) is 17.5. The number of halogens is 1. The van der Waals surface area contributed by atoms with Crippen molar-refractivity contribution < 1.29 is 0 Å². The van der Waals surface area contributed by atoms with Gasteiger partial charge in [0.1, 0.15) is 0 Å². The summed E-state index contributed by atoms with van der Waals surface area (Å²) in [7, 11) is 0. The first-order valence-corrected chi connectivity index (χ1v) is 8.92. The Morgan fingerprint density at radius 2 is 1.32 bits per heavy atom.